The molecule has 0 saturated heterocycles. The Labute approximate surface area is 77.8 Å². The first-order valence-corrected chi connectivity index (χ1v) is 3.97. The zero-order chi connectivity index (χ0) is 10.3. The Bertz CT molecular complexity index is 558. The van der Waals surface area contributed by atoms with Gasteiger partial charge < -0.3 is 4.42 Å². The molecular weight excluding hydrogens is 190 g/mol. The number of aryl methyl sites for hydroxylation is 1. The third kappa shape index (κ3) is 1.28. The molecule has 4 heteroatoms. The lowest BCUT2D eigenvalue weighted by molar-refractivity contribution is 0.542. The lowest BCUT2D eigenvalue weighted by Crippen LogP contribution is -1.99. The third-order valence-electron chi connectivity index (χ3n) is 1.96. The maximum atomic E-state index is 13.2. The summed E-state index contributed by atoms with van der Waals surface area (Å²) in [6.07, 6.45) is 0. The van der Waals surface area contributed by atoms with Crippen LogP contribution in [0.5, 0.6) is 0 Å². The van der Waals surface area contributed by atoms with E-state index >= 15 is 0 Å². The van der Waals surface area contributed by atoms with Crippen LogP contribution in [0.3, 0.4) is 0 Å². The fourth-order valence-electron chi connectivity index (χ4n) is 1.40. The maximum Gasteiger partial charge on any atom is 0.336 e. The van der Waals surface area contributed by atoms with E-state index < -0.39 is 17.3 Å². The molecule has 0 saturated carbocycles. The van der Waals surface area contributed by atoms with Crippen molar-refractivity contribution >= 4 is 11.0 Å². The molecule has 2 aromatic rings. The molecule has 1 aromatic carbocycles. The number of rotatable bonds is 0. The Morgan fingerprint density at radius 3 is 2.64 bits per heavy atom. The number of fused-ring (bicyclic) bond motifs is 1. The molecule has 14 heavy (non-hydrogen) atoms. The molecule has 0 N–H and O–H groups in total. The molecular formula is C10H6F2O2. The van der Waals surface area contributed by atoms with Crippen LogP contribution in [0.25, 0.3) is 11.0 Å². The molecule has 72 valence electrons. The molecule has 1 heterocycles. The van der Waals surface area contributed by atoms with Gasteiger partial charge in [0, 0.05) is 18.2 Å². The van der Waals surface area contributed by atoms with Crippen molar-refractivity contribution in [2.45, 2.75) is 6.92 Å². The van der Waals surface area contributed by atoms with Crippen molar-refractivity contribution in [2.24, 2.45) is 0 Å². The van der Waals surface area contributed by atoms with Crippen molar-refractivity contribution < 1.29 is 13.2 Å². The first-order valence-electron chi connectivity index (χ1n) is 3.97. The Kier molecular flexibility index (Phi) is 1.84. The van der Waals surface area contributed by atoms with E-state index in [9.17, 15) is 13.6 Å². The Morgan fingerprint density at radius 1 is 1.21 bits per heavy atom. The van der Waals surface area contributed by atoms with E-state index in [2.05, 4.69) is 4.42 Å². The molecule has 2 nitrogen and oxygen atoms in total. The largest absolute Gasteiger partial charge is 0.422 e. The summed E-state index contributed by atoms with van der Waals surface area (Å²) in [4.78, 5) is 10.9. The van der Waals surface area contributed by atoms with Crippen molar-refractivity contribution in [1.82, 2.24) is 0 Å². The second-order valence-corrected chi connectivity index (χ2v) is 3.01. The summed E-state index contributed by atoms with van der Waals surface area (Å²) in [6, 6.07) is 2.92. The van der Waals surface area contributed by atoms with Crippen molar-refractivity contribution in [3.63, 3.8) is 0 Å². The van der Waals surface area contributed by atoms with E-state index in [0.29, 0.717) is 5.56 Å². The average molecular weight is 196 g/mol. The summed E-state index contributed by atoms with van der Waals surface area (Å²) < 4.78 is 30.7. The Morgan fingerprint density at radius 2 is 1.93 bits per heavy atom. The van der Waals surface area contributed by atoms with Crippen molar-refractivity contribution in [2.75, 3.05) is 0 Å². The Hall–Kier alpha value is -1.71. The second-order valence-electron chi connectivity index (χ2n) is 3.01. The minimum Gasteiger partial charge on any atom is -0.422 e. The van der Waals surface area contributed by atoms with Gasteiger partial charge in [-0.2, -0.15) is 0 Å². The average Bonchev–Trinajstić information content (AvgIpc) is 1.99. The molecule has 0 aliphatic rings. The number of halogens is 2. The molecule has 1 aromatic heterocycles. The fraction of sp³-hybridized carbons (Fsp3) is 0.100. The summed E-state index contributed by atoms with van der Waals surface area (Å²) in [5.74, 6) is -1.48. The summed E-state index contributed by atoms with van der Waals surface area (Å²) in [7, 11) is 0. The highest BCUT2D eigenvalue weighted by molar-refractivity contribution is 5.80. The molecule has 0 amide bonds. The summed E-state index contributed by atoms with van der Waals surface area (Å²) in [6.45, 7) is 1.57. The minimum atomic E-state index is -0.760. The standard InChI is InChI=1S/C10H6F2O2/c1-5-2-9(13)14-8-4-6(11)3-7(12)10(5)8/h2-4H,1H3. The van der Waals surface area contributed by atoms with Crippen molar-refractivity contribution in [1.29, 1.82) is 0 Å². The van der Waals surface area contributed by atoms with E-state index in [1.54, 1.807) is 6.92 Å². The highest BCUT2D eigenvalue weighted by Gasteiger charge is 2.09. The van der Waals surface area contributed by atoms with Gasteiger partial charge in [0.1, 0.15) is 17.2 Å². The van der Waals surface area contributed by atoms with Crippen LogP contribution in [0.15, 0.2) is 27.4 Å². The molecule has 0 atom stereocenters. The second kappa shape index (κ2) is 2.90. The predicted octanol–water partition coefficient (Wildman–Crippen LogP) is 2.38. The number of hydrogen-bond acceptors (Lipinski definition) is 2. The van der Waals surface area contributed by atoms with Gasteiger partial charge in [-0.15, -0.1) is 0 Å². The molecule has 0 spiro atoms. The molecule has 0 aliphatic heterocycles. The first-order chi connectivity index (χ1) is 6.58. The molecule has 0 radical (unpaired) electrons. The normalized spacial score (nSPS) is 10.8. The summed E-state index contributed by atoms with van der Waals surface area (Å²) >= 11 is 0. The van der Waals surface area contributed by atoms with E-state index in [1.165, 1.54) is 6.07 Å². The molecule has 0 fully saturated rings. The van der Waals surface area contributed by atoms with Crippen LogP contribution in [0, 0.1) is 18.6 Å². The summed E-state index contributed by atoms with van der Waals surface area (Å²) in [5, 5.41) is 0.144. The van der Waals surface area contributed by atoms with Gasteiger partial charge in [-0.25, -0.2) is 13.6 Å². The van der Waals surface area contributed by atoms with Crippen molar-refractivity contribution in [3.8, 4) is 0 Å². The zero-order valence-corrected chi connectivity index (χ0v) is 7.30. The van der Waals surface area contributed by atoms with Crippen LogP contribution in [-0.4, -0.2) is 0 Å². The monoisotopic (exact) mass is 196 g/mol. The van der Waals surface area contributed by atoms with Gasteiger partial charge in [-0.1, -0.05) is 0 Å². The first kappa shape index (κ1) is 8.87. The van der Waals surface area contributed by atoms with Crippen LogP contribution in [-0.2, 0) is 0 Å². The van der Waals surface area contributed by atoms with Crippen LogP contribution >= 0.6 is 0 Å². The van der Waals surface area contributed by atoms with Gasteiger partial charge in [-0.3, -0.25) is 0 Å². The lowest BCUT2D eigenvalue weighted by atomic mass is 10.1. The van der Waals surface area contributed by atoms with E-state index in [4.69, 9.17) is 0 Å². The quantitative estimate of drug-likeness (QED) is 0.605. The van der Waals surface area contributed by atoms with Gasteiger partial charge in [0.25, 0.3) is 0 Å². The molecule has 0 bridgehead atoms. The molecule has 0 unspecified atom stereocenters. The highest BCUT2D eigenvalue weighted by Crippen LogP contribution is 2.21. The number of benzene rings is 1. The smallest absolute Gasteiger partial charge is 0.336 e. The predicted molar refractivity (Wildman–Crippen MR) is 47.1 cm³/mol. The van der Waals surface area contributed by atoms with Crippen molar-refractivity contribution in [3.05, 3.63) is 45.8 Å². The maximum absolute atomic E-state index is 13.2. The van der Waals surface area contributed by atoms with Gasteiger partial charge in [0.15, 0.2) is 0 Å². The van der Waals surface area contributed by atoms with Gasteiger partial charge in [0.05, 0.1) is 5.39 Å². The van der Waals surface area contributed by atoms with E-state index in [0.717, 1.165) is 12.1 Å². The molecule has 2 rings (SSSR count). The molecule has 0 aliphatic carbocycles. The topological polar surface area (TPSA) is 30.2 Å². The van der Waals surface area contributed by atoms with Gasteiger partial charge in [-0.05, 0) is 12.5 Å². The number of hydrogen-bond donors (Lipinski definition) is 0. The van der Waals surface area contributed by atoms with E-state index in [-0.39, 0.29) is 11.0 Å². The van der Waals surface area contributed by atoms with Gasteiger partial charge in [0.2, 0.25) is 0 Å². The summed E-state index contributed by atoms with van der Waals surface area (Å²) in [5.41, 5.74) is -0.235. The zero-order valence-electron chi connectivity index (χ0n) is 7.30. The lowest BCUT2D eigenvalue weighted by Gasteiger charge is -2.01. The minimum absolute atomic E-state index is 0.0625. The van der Waals surface area contributed by atoms with Crippen LogP contribution in [0.1, 0.15) is 5.56 Å². The van der Waals surface area contributed by atoms with Crippen LogP contribution < -0.4 is 5.63 Å². The van der Waals surface area contributed by atoms with Crippen LogP contribution in [0.2, 0.25) is 0 Å². The third-order valence-corrected chi connectivity index (χ3v) is 1.96. The SMILES string of the molecule is Cc1cc(=O)oc2cc(F)cc(F)c12. The highest BCUT2D eigenvalue weighted by atomic mass is 19.1. The van der Waals surface area contributed by atoms with Crippen LogP contribution in [0.4, 0.5) is 8.78 Å². The fourth-order valence-corrected chi connectivity index (χ4v) is 1.40. The van der Waals surface area contributed by atoms with Gasteiger partial charge >= 0.3 is 5.63 Å². The van der Waals surface area contributed by atoms with E-state index in [1.807, 2.05) is 0 Å². The Balaban J connectivity index is 3.01.